The predicted molar refractivity (Wildman–Crippen MR) is 64.0 cm³/mol. The Morgan fingerprint density at radius 3 is 2.56 bits per heavy atom. The van der Waals surface area contributed by atoms with Gasteiger partial charge in [0.25, 0.3) is 0 Å². The number of benzene rings is 1. The summed E-state index contributed by atoms with van der Waals surface area (Å²) < 4.78 is 2.20. The largest absolute Gasteiger partial charge is 0.478 e. The fraction of sp³-hybridized carbons (Fsp3) is 0.308. The van der Waals surface area contributed by atoms with Crippen LogP contribution in [0.15, 0.2) is 18.2 Å². The number of hydrogen-bond acceptors (Lipinski definition) is 1. The van der Waals surface area contributed by atoms with Crippen LogP contribution in [-0.2, 0) is 6.54 Å². The first kappa shape index (κ1) is 10.7. The Morgan fingerprint density at radius 1 is 1.31 bits per heavy atom. The van der Waals surface area contributed by atoms with Gasteiger partial charge in [0, 0.05) is 17.6 Å². The van der Waals surface area contributed by atoms with E-state index in [4.69, 9.17) is 5.11 Å². The number of carboxylic acid groups (broad SMARTS) is 1. The maximum absolute atomic E-state index is 11.0. The zero-order valence-corrected chi connectivity index (χ0v) is 9.74. The number of rotatable bonds is 2. The van der Waals surface area contributed by atoms with Gasteiger partial charge in [0.1, 0.15) is 0 Å². The number of fused-ring (bicyclic) bond motifs is 1. The van der Waals surface area contributed by atoms with Crippen LogP contribution in [-0.4, -0.2) is 15.6 Å². The highest BCUT2D eigenvalue weighted by atomic mass is 16.4. The Balaban J connectivity index is 2.81. The highest BCUT2D eigenvalue weighted by Crippen LogP contribution is 2.24. The maximum Gasteiger partial charge on any atom is 0.335 e. The number of carbonyl (C=O) groups is 1. The quantitative estimate of drug-likeness (QED) is 0.840. The van der Waals surface area contributed by atoms with Crippen molar-refractivity contribution in [3.8, 4) is 0 Å². The van der Waals surface area contributed by atoms with Crippen molar-refractivity contribution in [2.45, 2.75) is 27.3 Å². The summed E-state index contributed by atoms with van der Waals surface area (Å²) in [6.45, 7) is 7.00. The SMILES string of the molecule is CCn1c(C)cc2cc(C(=O)O)cc(C)c21. The van der Waals surface area contributed by atoms with Crippen molar-refractivity contribution in [3.05, 3.63) is 35.0 Å². The molecule has 0 radical (unpaired) electrons. The highest BCUT2D eigenvalue weighted by molar-refractivity contribution is 5.95. The second-order valence-corrected chi connectivity index (χ2v) is 4.07. The van der Waals surface area contributed by atoms with Crippen LogP contribution < -0.4 is 0 Å². The fourth-order valence-electron chi connectivity index (χ4n) is 2.30. The summed E-state index contributed by atoms with van der Waals surface area (Å²) in [6, 6.07) is 5.51. The number of carboxylic acids is 1. The summed E-state index contributed by atoms with van der Waals surface area (Å²) in [4.78, 5) is 11.0. The summed E-state index contributed by atoms with van der Waals surface area (Å²) in [5.41, 5.74) is 3.69. The topological polar surface area (TPSA) is 42.2 Å². The van der Waals surface area contributed by atoms with Gasteiger partial charge in [-0.1, -0.05) is 0 Å². The minimum absolute atomic E-state index is 0.359. The number of aryl methyl sites for hydroxylation is 3. The molecule has 0 saturated carbocycles. The Bertz CT molecular complexity index is 567. The van der Waals surface area contributed by atoms with Crippen LogP contribution in [0.25, 0.3) is 10.9 Å². The molecule has 84 valence electrons. The summed E-state index contributed by atoms with van der Waals surface area (Å²) in [7, 11) is 0. The third kappa shape index (κ3) is 1.48. The van der Waals surface area contributed by atoms with Crippen molar-refractivity contribution in [3.63, 3.8) is 0 Å². The predicted octanol–water partition coefficient (Wildman–Crippen LogP) is 2.98. The molecule has 2 aromatic rings. The van der Waals surface area contributed by atoms with E-state index in [1.165, 1.54) is 5.69 Å². The highest BCUT2D eigenvalue weighted by Gasteiger charge is 2.11. The van der Waals surface area contributed by atoms with Crippen LogP contribution in [0, 0.1) is 13.8 Å². The molecular formula is C13H15NO2. The summed E-state index contributed by atoms with van der Waals surface area (Å²) in [5.74, 6) is -0.869. The molecule has 1 heterocycles. The van der Waals surface area contributed by atoms with Crippen molar-refractivity contribution in [2.75, 3.05) is 0 Å². The third-order valence-electron chi connectivity index (χ3n) is 2.95. The molecule has 1 N–H and O–H groups in total. The molecule has 1 aromatic heterocycles. The monoisotopic (exact) mass is 217 g/mol. The molecule has 0 spiro atoms. The molecule has 0 atom stereocenters. The van der Waals surface area contributed by atoms with Gasteiger partial charge >= 0.3 is 5.97 Å². The molecule has 0 saturated heterocycles. The van der Waals surface area contributed by atoms with Gasteiger partial charge < -0.3 is 9.67 Å². The van der Waals surface area contributed by atoms with Gasteiger partial charge in [0.15, 0.2) is 0 Å². The first-order chi connectivity index (χ1) is 7.54. The molecule has 0 bridgehead atoms. The van der Waals surface area contributed by atoms with E-state index in [0.717, 1.165) is 23.0 Å². The van der Waals surface area contributed by atoms with E-state index in [-0.39, 0.29) is 0 Å². The second kappa shape index (κ2) is 3.67. The first-order valence-electron chi connectivity index (χ1n) is 5.38. The van der Waals surface area contributed by atoms with Crippen molar-refractivity contribution in [1.82, 2.24) is 4.57 Å². The number of nitrogens with zero attached hydrogens (tertiary/aromatic N) is 1. The van der Waals surface area contributed by atoms with Gasteiger partial charge in [0.05, 0.1) is 11.1 Å². The van der Waals surface area contributed by atoms with Gasteiger partial charge in [-0.05, 0) is 44.5 Å². The van der Waals surface area contributed by atoms with Crippen molar-refractivity contribution in [1.29, 1.82) is 0 Å². The molecule has 0 aliphatic rings. The molecular weight excluding hydrogens is 202 g/mol. The average molecular weight is 217 g/mol. The van der Waals surface area contributed by atoms with E-state index in [2.05, 4.69) is 11.5 Å². The van der Waals surface area contributed by atoms with Crippen LogP contribution in [0.3, 0.4) is 0 Å². The van der Waals surface area contributed by atoms with E-state index in [0.29, 0.717) is 5.56 Å². The van der Waals surface area contributed by atoms with Crippen LogP contribution in [0.1, 0.15) is 28.5 Å². The molecule has 1 aromatic carbocycles. The Labute approximate surface area is 94.3 Å². The lowest BCUT2D eigenvalue weighted by Gasteiger charge is -2.07. The van der Waals surface area contributed by atoms with Gasteiger partial charge in [-0.15, -0.1) is 0 Å². The van der Waals surface area contributed by atoms with Crippen molar-refractivity contribution >= 4 is 16.9 Å². The van der Waals surface area contributed by atoms with Crippen LogP contribution in [0.4, 0.5) is 0 Å². The molecule has 2 rings (SSSR count). The van der Waals surface area contributed by atoms with E-state index >= 15 is 0 Å². The second-order valence-electron chi connectivity index (χ2n) is 4.07. The molecule has 0 unspecified atom stereocenters. The normalized spacial score (nSPS) is 10.9. The molecule has 0 fully saturated rings. The van der Waals surface area contributed by atoms with Crippen LogP contribution >= 0.6 is 0 Å². The zero-order chi connectivity index (χ0) is 11.9. The molecule has 0 aliphatic carbocycles. The molecule has 3 nitrogen and oxygen atoms in total. The average Bonchev–Trinajstić information content (AvgIpc) is 2.53. The van der Waals surface area contributed by atoms with Gasteiger partial charge in [-0.25, -0.2) is 4.79 Å². The summed E-state index contributed by atoms with van der Waals surface area (Å²) in [5, 5.41) is 10.0. The number of aromatic carboxylic acids is 1. The Hall–Kier alpha value is -1.77. The first-order valence-corrected chi connectivity index (χ1v) is 5.38. The van der Waals surface area contributed by atoms with Crippen molar-refractivity contribution in [2.24, 2.45) is 0 Å². The zero-order valence-electron chi connectivity index (χ0n) is 9.74. The Kier molecular flexibility index (Phi) is 2.46. The number of aromatic nitrogens is 1. The van der Waals surface area contributed by atoms with E-state index < -0.39 is 5.97 Å². The van der Waals surface area contributed by atoms with Gasteiger partial charge in [-0.3, -0.25) is 0 Å². The van der Waals surface area contributed by atoms with Crippen LogP contribution in [0.2, 0.25) is 0 Å². The van der Waals surface area contributed by atoms with Crippen molar-refractivity contribution < 1.29 is 9.90 Å². The molecule has 16 heavy (non-hydrogen) atoms. The standard InChI is InChI=1S/C13H15NO2/c1-4-14-9(3)6-10-7-11(13(15)16)5-8(2)12(10)14/h5-7H,4H2,1-3H3,(H,15,16). The minimum Gasteiger partial charge on any atom is -0.478 e. The van der Waals surface area contributed by atoms with E-state index in [9.17, 15) is 4.79 Å². The summed E-state index contributed by atoms with van der Waals surface area (Å²) in [6.07, 6.45) is 0. The molecule has 0 amide bonds. The maximum atomic E-state index is 11.0. The van der Waals surface area contributed by atoms with Gasteiger partial charge in [0.2, 0.25) is 0 Å². The smallest absolute Gasteiger partial charge is 0.335 e. The van der Waals surface area contributed by atoms with Gasteiger partial charge in [-0.2, -0.15) is 0 Å². The molecule has 3 heteroatoms. The van der Waals surface area contributed by atoms with E-state index in [1.807, 2.05) is 19.9 Å². The minimum atomic E-state index is -0.869. The fourth-order valence-corrected chi connectivity index (χ4v) is 2.30. The van der Waals surface area contributed by atoms with E-state index in [1.54, 1.807) is 12.1 Å². The summed E-state index contributed by atoms with van der Waals surface area (Å²) >= 11 is 0. The van der Waals surface area contributed by atoms with Crippen LogP contribution in [0.5, 0.6) is 0 Å². The Morgan fingerprint density at radius 2 is 2.00 bits per heavy atom. The lowest BCUT2D eigenvalue weighted by Crippen LogP contribution is -2.00. The molecule has 0 aliphatic heterocycles. The lowest BCUT2D eigenvalue weighted by molar-refractivity contribution is 0.0697. The third-order valence-corrected chi connectivity index (χ3v) is 2.95. The number of hydrogen-bond donors (Lipinski definition) is 1. The lowest BCUT2D eigenvalue weighted by atomic mass is 10.1.